The largest absolute Gasteiger partial charge is 0.489 e. The molecule has 0 spiro atoms. The number of benzene rings is 2. The highest BCUT2D eigenvalue weighted by Crippen LogP contribution is 2.21. The number of amides is 1. The molecular formula is C28H28N6O2. The van der Waals surface area contributed by atoms with E-state index in [4.69, 9.17) is 4.74 Å². The molecule has 1 atom stereocenters. The van der Waals surface area contributed by atoms with Crippen molar-refractivity contribution >= 4 is 5.91 Å². The van der Waals surface area contributed by atoms with E-state index in [1.165, 1.54) is 0 Å². The van der Waals surface area contributed by atoms with Crippen LogP contribution < -0.4 is 10.1 Å². The Kier molecular flexibility index (Phi) is 7.40. The number of aromatic nitrogens is 4. The van der Waals surface area contributed by atoms with Gasteiger partial charge in [0.1, 0.15) is 18.4 Å². The third-order valence-corrected chi connectivity index (χ3v) is 5.83. The number of nitrogens with one attached hydrogen (secondary N) is 1. The van der Waals surface area contributed by atoms with Crippen molar-refractivity contribution in [2.75, 3.05) is 0 Å². The van der Waals surface area contributed by atoms with Crippen molar-refractivity contribution < 1.29 is 9.53 Å². The van der Waals surface area contributed by atoms with Gasteiger partial charge in [-0.05, 0) is 57.0 Å². The standard InChI is InChI=1S/C28H28N6O2/c1-18-14-19(2)31-28(30-18)34-21(4)25(20(3)33-34)15-27(35)32-26(16-29)23-10-12-24(13-11-23)36-17-22-8-6-5-7-9-22/h5-14,26H,15,17H2,1-4H3,(H,32,35). The van der Waals surface area contributed by atoms with Crippen molar-refractivity contribution in [1.82, 2.24) is 25.1 Å². The van der Waals surface area contributed by atoms with E-state index < -0.39 is 6.04 Å². The molecule has 4 aromatic rings. The maximum absolute atomic E-state index is 12.9. The van der Waals surface area contributed by atoms with Crippen molar-refractivity contribution in [2.45, 2.75) is 46.8 Å². The van der Waals surface area contributed by atoms with Crippen LogP contribution in [0.3, 0.4) is 0 Å². The molecule has 0 saturated carbocycles. The summed E-state index contributed by atoms with van der Waals surface area (Å²) in [4.78, 5) is 21.8. The Morgan fingerprint density at radius 2 is 1.69 bits per heavy atom. The fourth-order valence-corrected chi connectivity index (χ4v) is 3.99. The van der Waals surface area contributed by atoms with Crippen LogP contribution in [0.5, 0.6) is 5.75 Å². The van der Waals surface area contributed by atoms with Crippen LogP contribution in [0, 0.1) is 39.0 Å². The SMILES string of the molecule is Cc1cc(C)nc(-n2nc(C)c(CC(=O)NC(C#N)c3ccc(OCc4ccccc4)cc3)c2C)n1. The highest BCUT2D eigenvalue weighted by Gasteiger charge is 2.20. The number of hydrogen-bond acceptors (Lipinski definition) is 6. The smallest absolute Gasteiger partial charge is 0.251 e. The van der Waals surface area contributed by atoms with Crippen LogP contribution in [0.1, 0.15) is 45.5 Å². The minimum atomic E-state index is -0.779. The van der Waals surface area contributed by atoms with E-state index in [-0.39, 0.29) is 12.3 Å². The summed E-state index contributed by atoms with van der Waals surface area (Å²) in [6.45, 7) is 8.01. The number of ether oxygens (including phenoxy) is 1. The lowest BCUT2D eigenvalue weighted by Crippen LogP contribution is -2.29. The molecule has 0 aliphatic carbocycles. The van der Waals surface area contributed by atoms with Crippen LogP contribution in [0.2, 0.25) is 0 Å². The Labute approximate surface area is 210 Å². The van der Waals surface area contributed by atoms with Gasteiger partial charge in [0.25, 0.3) is 5.95 Å². The fraction of sp³-hybridized carbons (Fsp3) is 0.250. The third-order valence-electron chi connectivity index (χ3n) is 5.83. The van der Waals surface area contributed by atoms with Gasteiger partial charge in [0.2, 0.25) is 5.91 Å². The first-order valence-corrected chi connectivity index (χ1v) is 11.7. The maximum Gasteiger partial charge on any atom is 0.251 e. The molecule has 2 aromatic heterocycles. The van der Waals surface area contributed by atoms with Crippen molar-refractivity contribution in [3.05, 3.63) is 100 Å². The molecule has 182 valence electrons. The normalized spacial score (nSPS) is 11.5. The second kappa shape index (κ2) is 10.8. The van der Waals surface area contributed by atoms with Crippen molar-refractivity contribution in [1.29, 1.82) is 5.26 Å². The lowest BCUT2D eigenvalue weighted by atomic mass is 10.1. The van der Waals surface area contributed by atoms with Gasteiger partial charge in [-0.1, -0.05) is 42.5 Å². The molecule has 2 heterocycles. The average Bonchev–Trinajstić information content (AvgIpc) is 3.15. The summed E-state index contributed by atoms with van der Waals surface area (Å²) in [6.07, 6.45) is 0.0961. The van der Waals surface area contributed by atoms with E-state index in [1.54, 1.807) is 28.9 Å². The van der Waals surface area contributed by atoms with Gasteiger partial charge >= 0.3 is 0 Å². The molecule has 4 rings (SSSR count). The Balaban J connectivity index is 1.42. The molecule has 36 heavy (non-hydrogen) atoms. The molecule has 1 unspecified atom stereocenters. The van der Waals surface area contributed by atoms with Gasteiger partial charge in [0.15, 0.2) is 0 Å². The van der Waals surface area contributed by atoms with Crippen LogP contribution in [-0.2, 0) is 17.8 Å². The maximum atomic E-state index is 12.9. The lowest BCUT2D eigenvalue weighted by molar-refractivity contribution is -0.120. The number of aryl methyl sites for hydroxylation is 3. The minimum Gasteiger partial charge on any atom is -0.489 e. The topological polar surface area (TPSA) is 106 Å². The number of rotatable bonds is 8. The molecule has 0 bridgehead atoms. The molecule has 0 radical (unpaired) electrons. The monoisotopic (exact) mass is 480 g/mol. The zero-order valence-electron chi connectivity index (χ0n) is 20.8. The predicted octanol–water partition coefficient (Wildman–Crippen LogP) is 4.40. The second-order valence-corrected chi connectivity index (χ2v) is 8.66. The van der Waals surface area contributed by atoms with E-state index in [1.807, 2.05) is 64.1 Å². The quantitative estimate of drug-likeness (QED) is 0.401. The third kappa shape index (κ3) is 5.76. The summed E-state index contributed by atoms with van der Waals surface area (Å²) in [5.74, 6) is 0.903. The Morgan fingerprint density at radius 3 is 2.33 bits per heavy atom. The molecule has 0 fully saturated rings. The minimum absolute atomic E-state index is 0.0961. The fourth-order valence-electron chi connectivity index (χ4n) is 3.99. The Bertz CT molecular complexity index is 1380. The second-order valence-electron chi connectivity index (χ2n) is 8.66. The highest BCUT2D eigenvalue weighted by atomic mass is 16.5. The van der Waals surface area contributed by atoms with Gasteiger partial charge in [-0.3, -0.25) is 4.79 Å². The van der Waals surface area contributed by atoms with Gasteiger partial charge in [-0.2, -0.15) is 10.4 Å². The van der Waals surface area contributed by atoms with Crippen LogP contribution in [-0.4, -0.2) is 25.7 Å². The van der Waals surface area contributed by atoms with E-state index in [9.17, 15) is 10.1 Å². The van der Waals surface area contributed by atoms with Crippen molar-refractivity contribution in [3.8, 4) is 17.8 Å². The first-order valence-electron chi connectivity index (χ1n) is 11.7. The van der Waals surface area contributed by atoms with Gasteiger partial charge in [0.05, 0.1) is 18.2 Å². The number of nitriles is 1. The zero-order chi connectivity index (χ0) is 25.7. The van der Waals surface area contributed by atoms with Gasteiger partial charge in [0, 0.05) is 22.6 Å². The van der Waals surface area contributed by atoms with Crippen LogP contribution in [0.25, 0.3) is 5.95 Å². The first kappa shape index (κ1) is 24.6. The number of carbonyl (C=O) groups is 1. The van der Waals surface area contributed by atoms with Gasteiger partial charge < -0.3 is 10.1 Å². The van der Waals surface area contributed by atoms with E-state index >= 15 is 0 Å². The van der Waals surface area contributed by atoms with Gasteiger partial charge in [-0.25, -0.2) is 14.6 Å². The van der Waals surface area contributed by atoms with Crippen LogP contribution >= 0.6 is 0 Å². The van der Waals surface area contributed by atoms with E-state index in [0.717, 1.165) is 33.9 Å². The molecule has 1 N–H and O–H groups in total. The average molecular weight is 481 g/mol. The summed E-state index contributed by atoms with van der Waals surface area (Å²) in [6, 6.07) is 20.4. The molecular weight excluding hydrogens is 452 g/mol. The molecule has 0 aliphatic heterocycles. The van der Waals surface area contributed by atoms with E-state index in [2.05, 4.69) is 26.5 Å². The molecule has 0 saturated heterocycles. The molecule has 8 nitrogen and oxygen atoms in total. The van der Waals surface area contributed by atoms with Gasteiger partial charge in [-0.15, -0.1) is 0 Å². The lowest BCUT2D eigenvalue weighted by Gasteiger charge is -2.13. The number of nitrogens with zero attached hydrogens (tertiary/aromatic N) is 5. The molecule has 2 aromatic carbocycles. The summed E-state index contributed by atoms with van der Waals surface area (Å²) < 4.78 is 7.47. The molecule has 0 aliphatic rings. The van der Waals surface area contributed by atoms with Crippen LogP contribution in [0.15, 0.2) is 60.7 Å². The molecule has 8 heteroatoms. The van der Waals surface area contributed by atoms with Crippen molar-refractivity contribution in [3.63, 3.8) is 0 Å². The predicted molar refractivity (Wildman–Crippen MR) is 136 cm³/mol. The molecule has 1 amide bonds. The van der Waals surface area contributed by atoms with Crippen molar-refractivity contribution in [2.24, 2.45) is 0 Å². The summed E-state index contributed by atoms with van der Waals surface area (Å²) >= 11 is 0. The summed E-state index contributed by atoms with van der Waals surface area (Å²) in [5.41, 5.74) is 5.75. The van der Waals surface area contributed by atoms with Crippen LogP contribution in [0.4, 0.5) is 0 Å². The number of carbonyl (C=O) groups excluding carboxylic acids is 1. The zero-order valence-corrected chi connectivity index (χ0v) is 20.8. The summed E-state index contributed by atoms with van der Waals surface area (Å²) in [7, 11) is 0. The Hall–Kier alpha value is -4.51. The Morgan fingerprint density at radius 1 is 1.03 bits per heavy atom. The summed E-state index contributed by atoms with van der Waals surface area (Å²) in [5, 5.41) is 17.1. The van der Waals surface area contributed by atoms with E-state index in [0.29, 0.717) is 23.9 Å². The highest BCUT2D eigenvalue weighted by molar-refractivity contribution is 5.80. The first-order chi connectivity index (χ1) is 17.3. The number of hydrogen-bond donors (Lipinski definition) is 1.